The number of imide groups is 1. The molecule has 27 heavy (non-hydrogen) atoms. The predicted molar refractivity (Wildman–Crippen MR) is 102 cm³/mol. The summed E-state index contributed by atoms with van der Waals surface area (Å²) in [5.74, 6) is 0.109. The molecule has 0 unspecified atom stereocenters. The van der Waals surface area contributed by atoms with Gasteiger partial charge in [-0.25, -0.2) is 14.7 Å². The molecule has 1 aromatic heterocycles. The van der Waals surface area contributed by atoms with E-state index in [1.807, 2.05) is 18.3 Å². The molecule has 2 aliphatic heterocycles. The highest BCUT2D eigenvalue weighted by Crippen LogP contribution is 2.31. The Bertz CT molecular complexity index is 875. The van der Waals surface area contributed by atoms with E-state index in [0.29, 0.717) is 22.6 Å². The van der Waals surface area contributed by atoms with Crippen molar-refractivity contribution in [2.24, 2.45) is 0 Å². The Hall–Kier alpha value is -3.13. The van der Waals surface area contributed by atoms with E-state index in [1.54, 1.807) is 18.2 Å². The SMILES string of the molecule is CN1CCN(c2ccc(Nc3cccc4c3C(=O)N(C(=O)O)C4)nc2)CC1. The van der Waals surface area contributed by atoms with Gasteiger partial charge in [0.1, 0.15) is 5.82 Å². The van der Waals surface area contributed by atoms with Gasteiger partial charge in [0.25, 0.3) is 5.91 Å². The van der Waals surface area contributed by atoms with Crippen LogP contribution >= 0.6 is 0 Å². The van der Waals surface area contributed by atoms with E-state index in [4.69, 9.17) is 0 Å². The summed E-state index contributed by atoms with van der Waals surface area (Å²) in [6.45, 7) is 4.07. The van der Waals surface area contributed by atoms with E-state index in [1.165, 1.54) is 0 Å². The molecule has 2 aliphatic rings. The Balaban J connectivity index is 1.52. The number of nitrogens with zero attached hydrogens (tertiary/aromatic N) is 4. The number of benzene rings is 1. The van der Waals surface area contributed by atoms with Gasteiger partial charge in [0.15, 0.2) is 0 Å². The fourth-order valence-corrected chi connectivity index (χ4v) is 3.47. The summed E-state index contributed by atoms with van der Waals surface area (Å²) in [4.78, 5) is 33.5. The van der Waals surface area contributed by atoms with Crippen molar-refractivity contribution in [1.82, 2.24) is 14.8 Å². The van der Waals surface area contributed by atoms with Gasteiger partial charge >= 0.3 is 6.09 Å². The standard InChI is InChI=1S/C19H21N5O3/c1-22-7-9-23(10-8-22)14-5-6-16(20-11-14)21-15-4-2-3-13-12-24(19(26)27)18(25)17(13)15/h2-6,11H,7-10,12H2,1H3,(H,20,21)(H,26,27). The number of rotatable bonds is 3. The summed E-state index contributed by atoms with van der Waals surface area (Å²) in [5.41, 5.74) is 2.73. The van der Waals surface area contributed by atoms with Crippen molar-refractivity contribution >= 4 is 29.2 Å². The van der Waals surface area contributed by atoms with Crippen LogP contribution in [0.3, 0.4) is 0 Å². The van der Waals surface area contributed by atoms with Gasteiger partial charge in [0, 0.05) is 26.2 Å². The average molecular weight is 367 g/mol. The molecule has 8 heteroatoms. The molecule has 2 N–H and O–H groups in total. The molecule has 0 saturated carbocycles. The molecule has 2 aromatic rings. The van der Waals surface area contributed by atoms with Crippen LogP contribution in [0.4, 0.5) is 22.0 Å². The number of amides is 2. The lowest BCUT2D eigenvalue weighted by Gasteiger charge is -2.33. The summed E-state index contributed by atoms with van der Waals surface area (Å²) in [5, 5.41) is 12.3. The highest BCUT2D eigenvalue weighted by Gasteiger charge is 2.34. The third-order valence-corrected chi connectivity index (χ3v) is 5.05. The van der Waals surface area contributed by atoms with Crippen LogP contribution in [-0.2, 0) is 6.54 Å². The smallest absolute Gasteiger partial charge is 0.414 e. The highest BCUT2D eigenvalue weighted by atomic mass is 16.4. The number of fused-ring (bicyclic) bond motifs is 1. The largest absolute Gasteiger partial charge is 0.465 e. The van der Waals surface area contributed by atoms with Gasteiger partial charge < -0.3 is 20.2 Å². The van der Waals surface area contributed by atoms with E-state index >= 15 is 0 Å². The lowest BCUT2D eigenvalue weighted by molar-refractivity contribution is 0.0764. The van der Waals surface area contributed by atoms with E-state index in [0.717, 1.165) is 36.8 Å². The number of piperazine rings is 1. The first-order chi connectivity index (χ1) is 13.0. The fourth-order valence-electron chi connectivity index (χ4n) is 3.47. The maximum absolute atomic E-state index is 12.4. The molecule has 0 radical (unpaired) electrons. The molecule has 3 heterocycles. The van der Waals surface area contributed by atoms with Crippen LogP contribution in [0.2, 0.25) is 0 Å². The van der Waals surface area contributed by atoms with Gasteiger partial charge in [-0.3, -0.25) is 4.79 Å². The Kier molecular flexibility index (Phi) is 4.41. The highest BCUT2D eigenvalue weighted by molar-refractivity contribution is 6.09. The third kappa shape index (κ3) is 3.31. The van der Waals surface area contributed by atoms with Crippen molar-refractivity contribution in [3.8, 4) is 0 Å². The number of likely N-dealkylation sites (N-methyl/N-ethyl adjacent to an activating group) is 1. The normalized spacial score (nSPS) is 17.1. The van der Waals surface area contributed by atoms with E-state index < -0.39 is 12.0 Å². The quantitative estimate of drug-likeness (QED) is 0.860. The first-order valence-corrected chi connectivity index (χ1v) is 8.86. The van der Waals surface area contributed by atoms with Gasteiger partial charge in [-0.2, -0.15) is 0 Å². The van der Waals surface area contributed by atoms with Crippen LogP contribution in [-0.4, -0.2) is 65.1 Å². The van der Waals surface area contributed by atoms with Crippen molar-refractivity contribution in [3.63, 3.8) is 0 Å². The molecule has 140 valence electrons. The number of carbonyl (C=O) groups is 2. The maximum Gasteiger partial charge on any atom is 0.414 e. The number of anilines is 3. The molecular weight excluding hydrogens is 346 g/mol. The van der Waals surface area contributed by atoms with Gasteiger partial charge in [-0.1, -0.05) is 12.1 Å². The van der Waals surface area contributed by atoms with Crippen molar-refractivity contribution in [2.75, 3.05) is 43.4 Å². The Labute approximate surface area is 157 Å². The zero-order chi connectivity index (χ0) is 19.0. The lowest BCUT2D eigenvalue weighted by atomic mass is 10.1. The second-order valence-corrected chi connectivity index (χ2v) is 6.83. The van der Waals surface area contributed by atoms with Crippen LogP contribution in [0.5, 0.6) is 0 Å². The second-order valence-electron chi connectivity index (χ2n) is 6.83. The summed E-state index contributed by atoms with van der Waals surface area (Å²) in [6.07, 6.45) is 0.583. The van der Waals surface area contributed by atoms with Crippen molar-refractivity contribution in [3.05, 3.63) is 47.7 Å². The molecule has 1 fully saturated rings. The van der Waals surface area contributed by atoms with Crippen molar-refractivity contribution in [1.29, 1.82) is 0 Å². The molecule has 1 saturated heterocycles. The summed E-state index contributed by atoms with van der Waals surface area (Å²) in [7, 11) is 2.12. The molecule has 0 atom stereocenters. The molecule has 2 amide bonds. The molecule has 0 spiro atoms. The minimum Gasteiger partial charge on any atom is -0.465 e. The molecule has 4 rings (SSSR count). The number of hydrogen-bond acceptors (Lipinski definition) is 6. The Morgan fingerprint density at radius 1 is 1.15 bits per heavy atom. The van der Waals surface area contributed by atoms with Crippen molar-refractivity contribution < 1.29 is 14.7 Å². The third-order valence-electron chi connectivity index (χ3n) is 5.05. The minimum atomic E-state index is -1.24. The molecule has 1 aromatic carbocycles. The second kappa shape index (κ2) is 6.88. The molecule has 0 aliphatic carbocycles. The van der Waals surface area contributed by atoms with E-state index in [9.17, 15) is 14.7 Å². The van der Waals surface area contributed by atoms with Crippen LogP contribution in [0.1, 0.15) is 15.9 Å². The van der Waals surface area contributed by atoms with Gasteiger partial charge in [0.05, 0.1) is 29.7 Å². The Morgan fingerprint density at radius 2 is 1.93 bits per heavy atom. The number of carbonyl (C=O) groups excluding carboxylic acids is 1. The zero-order valence-electron chi connectivity index (χ0n) is 15.1. The van der Waals surface area contributed by atoms with E-state index in [-0.39, 0.29) is 6.54 Å². The minimum absolute atomic E-state index is 0.0782. The monoisotopic (exact) mass is 367 g/mol. The molecular formula is C19H21N5O3. The predicted octanol–water partition coefficient (Wildman–Crippen LogP) is 2.21. The summed E-state index contributed by atoms with van der Waals surface area (Å²) >= 11 is 0. The number of nitrogens with one attached hydrogen (secondary N) is 1. The maximum atomic E-state index is 12.4. The summed E-state index contributed by atoms with van der Waals surface area (Å²) in [6, 6.07) is 9.22. The topological polar surface area (TPSA) is 89.0 Å². The van der Waals surface area contributed by atoms with Gasteiger partial charge in [0.2, 0.25) is 0 Å². The lowest BCUT2D eigenvalue weighted by Crippen LogP contribution is -2.44. The molecule has 0 bridgehead atoms. The summed E-state index contributed by atoms with van der Waals surface area (Å²) < 4.78 is 0. The first kappa shape index (κ1) is 17.3. The van der Waals surface area contributed by atoms with Crippen LogP contribution in [0.15, 0.2) is 36.5 Å². The van der Waals surface area contributed by atoms with Crippen LogP contribution in [0, 0.1) is 0 Å². The number of aromatic nitrogens is 1. The van der Waals surface area contributed by atoms with E-state index in [2.05, 4.69) is 27.1 Å². The Morgan fingerprint density at radius 3 is 2.59 bits per heavy atom. The zero-order valence-corrected chi connectivity index (χ0v) is 15.1. The number of pyridine rings is 1. The van der Waals surface area contributed by atoms with Crippen LogP contribution < -0.4 is 10.2 Å². The molecule has 8 nitrogen and oxygen atoms in total. The number of hydrogen-bond donors (Lipinski definition) is 2. The fraction of sp³-hybridized carbons (Fsp3) is 0.316. The van der Waals surface area contributed by atoms with Crippen molar-refractivity contribution in [2.45, 2.75) is 6.54 Å². The van der Waals surface area contributed by atoms with Crippen LogP contribution in [0.25, 0.3) is 0 Å². The van der Waals surface area contributed by atoms with Gasteiger partial charge in [-0.15, -0.1) is 0 Å². The first-order valence-electron chi connectivity index (χ1n) is 8.86. The van der Waals surface area contributed by atoms with Gasteiger partial charge in [-0.05, 0) is 30.8 Å². The average Bonchev–Trinajstić information content (AvgIpc) is 3.01. The number of carboxylic acid groups (broad SMARTS) is 1.